The second kappa shape index (κ2) is 11.9. The number of phenols is 3. The first-order valence-corrected chi connectivity index (χ1v) is 10.6. The Hall–Kier alpha value is -3.60. The molecule has 0 fully saturated rings. The maximum absolute atomic E-state index is 12.5. The summed E-state index contributed by atoms with van der Waals surface area (Å²) in [6, 6.07) is 5.26. The summed E-state index contributed by atoms with van der Waals surface area (Å²) in [5.74, 6) is -1.49. The number of carbonyl (C=O) groups is 2. The third-order valence-corrected chi connectivity index (χ3v) is 5.39. The van der Waals surface area contributed by atoms with Crippen molar-refractivity contribution in [1.29, 1.82) is 0 Å². The Labute approximate surface area is 194 Å². The monoisotopic (exact) mass is 475 g/mol. The van der Waals surface area contributed by atoms with Crippen molar-refractivity contribution in [2.24, 2.45) is 0 Å². The first kappa shape index (κ1) is 25.7. The van der Waals surface area contributed by atoms with Crippen LogP contribution in [0.25, 0.3) is 0 Å². The summed E-state index contributed by atoms with van der Waals surface area (Å²) in [5.41, 5.74) is 0.390. The summed E-state index contributed by atoms with van der Waals surface area (Å²) < 4.78 is 15.8. The second-order valence-electron chi connectivity index (χ2n) is 7.06. The highest BCUT2D eigenvalue weighted by atomic mass is 28.1. The lowest BCUT2D eigenvalue weighted by molar-refractivity contribution is 0.0947. The first-order chi connectivity index (χ1) is 15.7. The summed E-state index contributed by atoms with van der Waals surface area (Å²) in [5, 5.41) is 33.8. The molecule has 0 spiro atoms. The second-order valence-corrected chi connectivity index (χ2v) is 7.88. The molecule has 1 atom stereocenters. The number of carbonyl (C=O) groups excluding carboxylic acids is 2. The molecule has 2 aromatic carbocycles. The van der Waals surface area contributed by atoms with Gasteiger partial charge in [-0.25, -0.2) is 0 Å². The van der Waals surface area contributed by atoms with E-state index in [4.69, 9.17) is 14.2 Å². The normalized spacial score (nSPS) is 11.4. The van der Waals surface area contributed by atoms with Crippen LogP contribution < -0.4 is 24.8 Å². The number of hydrogen-bond donors (Lipinski definition) is 5. The Morgan fingerprint density at radius 2 is 1.24 bits per heavy atom. The minimum absolute atomic E-state index is 0.00663. The lowest BCUT2D eigenvalue weighted by Crippen LogP contribution is -2.27. The number of methoxy groups -OCH3 is 3. The average Bonchev–Trinajstić information content (AvgIpc) is 2.80. The zero-order valence-corrected chi connectivity index (χ0v) is 19.6. The molecular formula is C22H27N2O8Si. The molecule has 1 unspecified atom stereocenters. The van der Waals surface area contributed by atoms with Gasteiger partial charge in [-0.3, -0.25) is 9.59 Å². The molecule has 0 aliphatic rings. The van der Waals surface area contributed by atoms with Gasteiger partial charge in [0.05, 0.1) is 21.3 Å². The summed E-state index contributed by atoms with van der Waals surface area (Å²) in [7, 11) is 8.00. The molecule has 11 heteroatoms. The maximum Gasteiger partial charge on any atom is 0.251 e. The quantitative estimate of drug-likeness (QED) is 0.244. The molecule has 0 saturated carbocycles. The van der Waals surface area contributed by atoms with Gasteiger partial charge in [0.2, 0.25) is 5.75 Å². The van der Waals surface area contributed by atoms with Crippen molar-refractivity contribution in [1.82, 2.24) is 10.6 Å². The molecule has 2 aromatic rings. The molecule has 5 N–H and O–H groups in total. The Kier molecular flexibility index (Phi) is 9.22. The molecule has 3 radical (unpaired) electrons. The van der Waals surface area contributed by atoms with Crippen LogP contribution in [0, 0.1) is 0 Å². The van der Waals surface area contributed by atoms with Gasteiger partial charge in [-0.15, -0.1) is 0 Å². The smallest absolute Gasteiger partial charge is 0.251 e. The van der Waals surface area contributed by atoms with Crippen LogP contribution in [-0.4, -0.2) is 71.8 Å². The number of rotatable bonds is 11. The van der Waals surface area contributed by atoms with Crippen LogP contribution in [0.15, 0.2) is 24.3 Å². The van der Waals surface area contributed by atoms with Crippen LogP contribution in [0.1, 0.15) is 33.6 Å². The van der Waals surface area contributed by atoms with Gasteiger partial charge in [0, 0.05) is 34.5 Å². The van der Waals surface area contributed by atoms with Crippen molar-refractivity contribution in [2.45, 2.75) is 18.4 Å². The number of amides is 2. The molecule has 33 heavy (non-hydrogen) atoms. The van der Waals surface area contributed by atoms with Gasteiger partial charge in [-0.05, 0) is 42.6 Å². The third-order valence-electron chi connectivity index (χ3n) is 4.82. The van der Waals surface area contributed by atoms with Crippen LogP contribution in [0.4, 0.5) is 0 Å². The Bertz CT molecular complexity index is 950. The van der Waals surface area contributed by atoms with Crippen LogP contribution in [-0.2, 0) is 0 Å². The lowest BCUT2D eigenvalue weighted by atomic mass is 10.1. The van der Waals surface area contributed by atoms with Gasteiger partial charge in [-0.1, -0.05) is 0 Å². The number of hydrogen-bond acceptors (Lipinski definition) is 8. The highest BCUT2D eigenvalue weighted by Gasteiger charge is 2.17. The predicted octanol–water partition coefficient (Wildman–Crippen LogP) is 1.73. The van der Waals surface area contributed by atoms with E-state index in [1.54, 1.807) is 12.1 Å². The van der Waals surface area contributed by atoms with Crippen molar-refractivity contribution in [3.8, 4) is 34.5 Å². The van der Waals surface area contributed by atoms with Gasteiger partial charge >= 0.3 is 0 Å². The SMILES string of the molecule is COc1cc(C(=O)NCCC([Si])CCNC(=O)c2cc(O)c(O)c(O)c2)cc(OC)c1OC. The van der Waals surface area contributed by atoms with E-state index in [0.717, 1.165) is 12.1 Å². The number of benzene rings is 2. The topological polar surface area (TPSA) is 147 Å². The lowest BCUT2D eigenvalue weighted by Gasteiger charge is -2.15. The fraction of sp³-hybridized carbons (Fsp3) is 0.364. The molecule has 2 rings (SSSR count). The Morgan fingerprint density at radius 3 is 1.64 bits per heavy atom. The summed E-state index contributed by atoms with van der Waals surface area (Å²) in [6.07, 6.45) is 1.17. The molecule has 0 aliphatic carbocycles. The van der Waals surface area contributed by atoms with Crippen LogP contribution >= 0.6 is 0 Å². The maximum atomic E-state index is 12.5. The molecular weight excluding hydrogens is 448 g/mol. The van der Waals surface area contributed by atoms with Crippen molar-refractivity contribution < 1.29 is 39.1 Å². The van der Waals surface area contributed by atoms with Crippen molar-refractivity contribution >= 4 is 22.1 Å². The molecule has 0 heterocycles. The van der Waals surface area contributed by atoms with Crippen molar-refractivity contribution in [2.75, 3.05) is 34.4 Å². The Morgan fingerprint density at radius 1 is 0.818 bits per heavy atom. The first-order valence-electron chi connectivity index (χ1n) is 10.0. The van der Waals surface area contributed by atoms with Crippen molar-refractivity contribution in [3.63, 3.8) is 0 Å². The number of aromatic hydroxyl groups is 3. The fourth-order valence-corrected chi connectivity index (χ4v) is 3.30. The van der Waals surface area contributed by atoms with Gasteiger partial charge in [-0.2, -0.15) is 0 Å². The van der Waals surface area contributed by atoms with Gasteiger partial charge in [0.25, 0.3) is 11.8 Å². The number of phenolic OH excluding ortho intramolecular Hbond substituents is 3. The minimum Gasteiger partial charge on any atom is -0.504 e. The summed E-state index contributed by atoms with van der Waals surface area (Å²) in [4.78, 5) is 24.6. The number of nitrogens with one attached hydrogen (secondary N) is 2. The highest BCUT2D eigenvalue weighted by molar-refractivity contribution is 6.11. The van der Waals surface area contributed by atoms with E-state index >= 15 is 0 Å². The van der Waals surface area contributed by atoms with E-state index in [9.17, 15) is 24.9 Å². The zero-order valence-electron chi connectivity index (χ0n) is 18.6. The minimum atomic E-state index is -0.680. The van der Waals surface area contributed by atoms with Crippen LogP contribution in [0.5, 0.6) is 34.5 Å². The molecule has 2 amide bonds. The highest BCUT2D eigenvalue weighted by Crippen LogP contribution is 2.38. The third kappa shape index (κ3) is 6.69. The molecule has 0 aliphatic heterocycles. The predicted molar refractivity (Wildman–Crippen MR) is 121 cm³/mol. The summed E-state index contributed by atoms with van der Waals surface area (Å²) in [6.45, 7) is 0.702. The van der Waals surface area contributed by atoms with Crippen LogP contribution in [0.3, 0.4) is 0 Å². The van der Waals surface area contributed by atoms with E-state index in [2.05, 4.69) is 20.9 Å². The molecule has 177 valence electrons. The molecule has 10 nitrogen and oxygen atoms in total. The molecule has 0 aromatic heterocycles. The summed E-state index contributed by atoms with van der Waals surface area (Å²) >= 11 is 0. The van der Waals surface area contributed by atoms with E-state index in [-0.39, 0.29) is 17.0 Å². The Balaban J connectivity index is 1.81. The van der Waals surface area contributed by atoms with E-state index in [0.29, 0.717) is 48.7 Å². The van der Waals surface area contributed by atoms with E-state index in [1.807, 2.05) is 0 Å². The largest absolute Gasteiger partial charge is 0.504 e. The van der Waals surface area contributed by atoms with Crippen molar-refractivity contribution in [3.05, 3.63) is 35.4 Å². The molecule has 0 bridgehead atoms. The van der Waals surface area contributed by atoms with Gasteiger partial charge in [0.15, 0.2) is 28.7 Å². The van der Waals surface area contributed by atoms with Crippen LogP contribution in [0.2, 0.25) is 5.54 Å². The van der Waals surface area contributed by atoms with Gasteiger partial charge < -0.3 is 40.2 Å². The average molecular weight is 476 g/mol. The zero-order chi connectivity index (χ0) is 24.5. The van der Waals surface area contributed by atoms with E-state index in [1.165, 1.54) is 21.3 Å². The molecule has 0 saturated heterocycles. The van der Waals surface area contributed by atoms with Gasteiger partial charge in [0.1, 0.15) is 0 Å². The number of ether oxygens (including phenoxy) is 3. The van der Waals surface area contributed by atoms with E-state index < -0.39 is 23.2 Å². The fourth-order valence-electron chi connectivity index (χ4n) is 3.02. The standard InChI is InChI=1S/C22H27N2O8Si/c1-30-17-10-13(11-18(31-2)20(17)32-3)22(29)24-7-5-14(33)4-6-23-21(28)12-8-15(25)19(27)16(26)9-12/h8-11,14,25-27H,4-7H2,1-3H3,(H,23,28)(H,24,29).